The van der Waals surface area contributed by atoms with Crippen LogP contribution < -0.4 is 10.5 Å². The van der Waals surface area contributed by atoms with Gasteiger partial charge in [0.2, 0.25) is 0 Å². The van der Waals surface area contributed by atoms with Crippen molar-refractivity contribution < 1.29 is 4.74 Å². The van der Waals surface area contributed by atoms with Gasteiger partial charge in [0.05, 0.1) is 5.69 Å². The maximum absolute atomic E-state index is 6.08. The molecular formula is C17H22N2OS. The third-order valence-corrected chi connectivity index (χ3v) is 5.10. The molecule has 2 aromatic rings. The summed E-state index contributed by atoms with van der Waals surface area (Å²) in [7, 11) is 0. The zero-order valence-electron chi connectivity index (χ0n) is 12.8. The fourth-order valence-corrected chi connectivity index (χ4v) is 3.61. The molecule has 0 amide bonds. The summed E-state index contributed by atoms with van der Waals surface area (Å²) in [6.45, 7) is 6.72. The molecule has 112 valence electrons. The first kappa shape index (κ1) is 14.5. The highest BCUT2D eigenvalue weighted by Gasteiger charge is 2.30. The molecule has 1 saturated carbocycles. The normalized spacial score (nSPS) is 16.0. The highest BCUT2D eigenvalue weighted by atomic mass is 32.1. The van der Waals surface area contributed by atoms with Crippen LogP contribution >= 0.6 is 11.3 Å². The highest BCUT2D eigenvalue weighted by molar-refractivity contribution is 7.11. The molecule has 0 bridgehead atoms. The molecule has 1 unspecified atom stereocenters. The number of aromatic nitrogens is 1. The molecular weight excluding hydrogens is 280 g/mol. The van der Waals surface area contributed by atoms with E-state index in [2.05, 4.69) is 32.0 Å². The summed E-state index contributed by atoms with van der Waals surface area (Å²) in [6.07, 6.45) is 2.50. The van der Waals surface area contributed by atoms with Crippen LogP contribution in [0.2, 0.25) is 0 Å². The number of hydrogen-bond donors (Lipinski definition) is 1. The number of nitrogens with two attached hydrogens (primary N) is 1. The van der Waals surface area contributed by atoms with Crippen LogP contribution in [0.15, 0.2) is 18.2 Å². The summed E-state index contributed by atoms with van der Waals surface area (Å²) in [4.78, 5) is 6.02. The van der Waals surface area contributed by atoms with Gasteiger partial charge in [-0.1, -0.05) is 18.2 Å². The minimum Gasteiger partial charge on any atom is -0.486 e. The van der Waals surface area contributed by atoms with E-state index in [9.17, 15) is 0 Å². The van der Waals surface area contributed by atoms with Gasteiger partial charge in [-0.2, -0.15) is 0 Å². The van der Waals surface area contributed by atoms with Gasteiger partial charge in [-0.15, -0.1) is 11.3 Å². The summed E-state index contributed by atoms with van der Waals surface area (Å²) in [5, 5.41) is 1.03. The lowest BCUT2D eigenvalue weighted by atomic mass is 10.1. The Bertz CT molecular complexity index is 604. The van der Waals surface area contributed by atoms with E-state index in [0.717, 1.165) is 10.8 Å². The van der Waals surface area contributed by atoms with Gasteiger partial charge >= 0.3 is 0 Å². The Labute approximate surface area is 130 Å². The molecule has 0 saturated heterocycles. The second kappa shape index (κ2) is 5.78. The first-order valence-corrected chi connectivity index (χ1v) is 8.32. The number of rotatable bonds is 5. The number of para-hydroxylation sites is 1. The van der Waals surface area contributed by atoms with Crippen molar-refractivity contribution in [3.8, 4) is 5.75 Å². The summed E-state index contributed by atoms with van der Waals surface area (Å²) >= 11 is 1.71. The van der Waals surface area contributed by atoms with E-state index in [-0.39, 0.29) is 6.04 Å². The smallest absolute Gasteiger partial charge is 0.140 e. The average molecular weight is 302 g/mol. The highest BCUT2D eigenvalue weighted by Crippen LogP contribution is 2.44. The zero-order valence-corrected chi connectivity index (χ0v) is 13.7. The van der Waals surface area contributed by atoms with Crippen LogP contribution in [0.25, 0.3) is 0 Å². The molecule has 4 heteroatoms. The van der Waals surface area contributed by atoms with E-state index < -0.39 is 0 Å². The van der Waals surface area contributed by atoms with Gasteiger partial charge in [0.1, 0.15) is 17.4 Å². The summed E-state index contributed by atoms with van der Waals surface area (Å²) in [6, 6.07) is 6.27. The van der Waals surface area contributed by atoms with Crippen molar-refractivity contribution in [1.29, 1.82) is 0 Å². The lowest BCUT2D eigenvalue weighted by molar-refractivity contribution is 0.301. The molecule has 1 aromatic heterocycles. The molecule has 1 aliphatic rings. The Kier molecular flexibility index (Phi) is 4.00. The fraction of sp³-hybridized carbons (Fsp3) is 0.471. The van der Waals surface area contributed by atoms with Crippen molar-refractivity contribution in [3.63, 3.8) is 0 Å². The quantitative estimate of drug-likeness (QED) is 0.899. The maximum atomic E-state index is 6.08. The van der Waals surface area contributed by atoms with E-state index in [1.807, 2.05) is 6.92 Å². The molecule has 0 aliphatic heterocycles. The lowest BCUT2D eigenvalue weighted by Gasteiger charge is -2.10. The predicted molar refractivity (Wildman–Crippen MR) is 86.9 cm³/mol. The molecule has 3 nitrogen and oxygen atoms in total. The first-order chi connectivity index (χ1) is 10.1. The molecule has 1 aromatic carbocycles. The number of nitrogens with zero attached hydrogens (tertiary/aromatic N) is 1. The van der Waals surface area contributed by atoms with E-state index in [1.54, 1.807) is 11.3 Å². The van der Waals surface area contributed by atoms with Crippen molar-refractivity contribution in [2.75, 3.05) is 0 Å². The number of thiazole rings is 1. The van der Waals surface area contributed by atoms with E-state index >= 15 is 0 Å². The van der Waals surface area contributed by atoms with E-state index in [4.69, 9.17) is 15.5 Å². The molecule has 3 rings (SSSR count). The molecule has 1 atom stereocenters. The van der Waals surface area contributed by atoms with Crippen LogP contribution in [0.1, 0.15) is 58.4 Å². The number of benzene rings is 1. The van der Waals surface area contributed by atoms with E-state index in [0.29, 0.717) is 12.5 Å². The minimum absolute atomic E-state index is 0.0621. The second-order valence-corrected chi connectivity index (χ2v) is 7.04. The van der Waals surface area contributed by atoms with Crippen molar-refractivity contribution >= 4 is 11.3 Å². The SMILES string of the molecule is Cc1cccc(C)c1OCc1nc(C2CC2)c(C(C)N)s1. The van der Waals surface area contributed by atoms with Gasteiger partial charge in [-0.25, -0.2) is 4.98 Å². The fourth-order valence-electron chi connectivity index (χ4n) is 2.59. The van der Waals surface area contributed by atoms with Crippen LogP contribution in [-0.2, 0) is 6.61 Å². The molecule has 21 heavy (non-hydrogen) atoms. The molecule has 1 heterocycles. The molecule has 2 N–H and O–H groups in total. The van der Waals surface area contributed by atoms with E-state index in [1.165, 1.54) is 34.5 Å². The predicted octanol–water partition coefficient (Wildman–Crippen LogP) is 4.24. The Balaban J connectivity index is 1.78. The van der Waals surface area contributed by atoms with Crippen LogP contribution in [0.3, 0.4) is 0 Å². The third kappa shape index (κ3) is 3.11. The lowest BCUT2D eigenvalue weighted by Crippen LogP contribution is -2.05. The Hall–Kier alpha value is -1.39. The number of ether oxygens (including phenoxy) is 1. The standard InChI is InChI=1S/C17H22N2OS/c1-10-5-4-6-11(2)16(10)20-9-14-19-15(13-7-8-13)17(21-14)12(3)18/h4-6,12-13H,7-9,18H2,1-3H3. The van der Waals surface area contributed by atoms with Gasteiger partial charge < -0.3 is 10.5 Å². The molecule has 1 fully saturated rings. The third-order valence-electron chi connectivity index (χ3n) is 3.85. The van der Waals surface area contributed by atoms with Gasteiger partial charge in [0.25, 0.3) is 0 Å². The van der Waals surface area contributed by atoms with Crippen molar-refractivity contribution in [1.82, 2.24) is 4.98 Å². The minimum atomic E-state index is 0.0621. The first-order valence-electron chi connectivity index (χ1n) is 7.50. The largest absolute Gasteiger partial charge is 0.486 e. The second-order valence-electron chi connectivity index (χ2n) is 5.93. The zero-order chi connectivity index (χ0) is 15.0. The van der Waals surface area contributed by atoms with Gasteiger partial charge in [-0.3, -0.25) is 0 Å². The summed E-state index contributed by atoms with van der Waals surface area (Å²) in [5.41, 5.74) is 9.63. The van der Waals surface area contributed by atoms with Crippen molar-refractivity contribution in [2.45, 2.75) is 52.2 Å². The van der Waals surface area contributed by atoms with Gasteiger partial charge in [0.15, 0.2) is 0 Å². The Morgan fingerprint density at radius 3 is 2.57 bits per heavy atom. The molecule has 0 spiro atoms. The topological polar surface area (TPSA) is 48.1 Å². The number of hydrogen-bond acceptors (Lipinski definition) is 4. The monoisotopic (exact) mass is 302 g/mol. The van der Waals surface area contributed by atoms with Crippen molar-refractivity contribution in [2.24, 2.45) is 5.73 Å². The van der Waals surface area contributed by atoms with Crippen LogP contribution in [0.4, 0.5) is 0 Å². The number of aryl methyl sites for hydroxylation is 2. The van der Waals surface area contributed by atoms with Gasteiger partial charge in [0, 0.05) is 16.8 Å². The summed E-state index contributed by atoms with van der Waals surface area (Å²) < 4.78 is 6.01. The Morgan fingerprint density at radius 2 is 2.00 bits per heavy atom. The van der Waals surface area contributed by atoms with Crippen LogP contribution in [0.5, 0.6) is 5.75 Å². The van der Waals surface area contributed by atoms with Crippen molar-refractivity contribution in [3.05, 3.63) is 44.9 Å². The molecule has 0 radical (unpaired) electrons. The van der Waals surface area contributed by atoms with Gasteiger partial charge in [-0.05, 0) is 44.7 Å². The molecule has 1 aliphatic carbocycles. The maximum Gasteiger partial charge on any atom is 0.140 e. The Morgan fingerprint density at radius 1 is 1.33 bits per heavy atom. The van der Waals surface area contributed by atoms with Crippen LogP contribution in [-0.4, -0.2) is 4.98 Å². The van der Waals surface area contributed by atoms with Crippen LogP contribution in [0, 0.1) is 13.8 Å². The summed E-state index contributed by atoms with van der Waals surface area (Å²) in [5.74, 6) is 1.61. The average Bonchev–Trinajstić information content (AvgIpc) is 3.18.